The van der Waals surface area contributed by atoms with Gasteiger partial charge in [0.1, 0.15) is 25.4 Å². The van der Waals surface area contributed by atoms with Crippen molar-refractivity contribution in [3.05, 3.63) is 35.9 Å². The van der Waals surface area contributed by atoms with E-state index in [-0.39, 0.29) is 26.4 Å². The highest BCUT2D eigenvalue weighted by molar-refractivity contribution is 5.67. The molecule has 2 N–H and O–H groups in total. The lowest BCUT2D eigenvalue weighted by Gasteiger charge is -2.42. The first kappa shape index (κ1) is 28.0. The number of ether oxygens (including phenoxy) is 6. The molecule has 2 rings (SSSR count). The normalized spacial score (nSPS) is 23.6. The van der Waals surface area contributed by atoms with Gasteiger partial charge in [-0.1, -0.05) is 30.3 Å². The summed E-state index contributed by atoms with van der Waals surface area (Å²) in [6, 6.07) is 9.21. The van der Waals surface area contributed by atoms with E-state index in [4.69, 9.17) is 28.4 Å². The van der Waals surface area contributed by atoms with Crippen LogP contribution in [0.2, 0.25) is 0 Å². The van der Waals surface area contributed by atoms with Crippen molar-refractivity contribution in [1.29, 1.82) is 0 Å². The van der Waals surface area contributed by atoms with Gasteiger partial charge in [-0.25, -0.2) is 4.79 Å². The zero-order chi connectivity index (χ0) is 25.8. The Kier molecular flexibility index (Phi) is 11.4. The molecule has 12 nitrogen and oxygen atoms in total. The molecular formula is C23H31NO11. The molecule has 1 aliphatic rings. The lowest BCUT2D eigenvalue weighted by atomic mass is 9.98. The van der Waals surface area contributed by atoms with Gasteiger partial charge in [0.15, 0.2) is 18.5 Å². The van der Waals surface area contributed by atoms with E-state index >= 15 is 0 Å². The molecule has 0 unspecified atom stereocenters. The highest BCUT2D eigenvalue weighted by Gasteiger charge is 2.50. The number of hydrogen-bond acceptors (Lipinski definition) is 11. The van der Waals surface area contributed by atoms with E-state index in [1.807, 2.05) is 30.3 Å². The molecule has 1 aliphatic heterocycles. The van der Waals surface area contributed by atoms with Gasteiger partial charge in [0, 0.05) is 27.3 Å². The molecule has 194 valence electrons. The topological polar surface area (TPSA) is 156 Å². The summed E-state index contributed by atoms with van der Waals surface area (Å²) in [5, 5.41) is 13.3. The molecule has 0 saturated carbocycles. The summed E-state index contributed by atoms with van der Waals surface area (Å²) in [6.45, 7) is 3.53. The summed E-state index contributed by atoms with van der Waals surface area (Å²) < 4.78 is 31.7. The van der Waals surface area contributed by atoms with Crippen LogP contribution in [0.25, 0.3) is 0 Å². The molecule has 1 heterocycles. The van der Waals surface area contributed by atoms with Crippen LogP contribution in [0.4, 0.5) is 4.79 Å². The lowest BCUT2D eigenvalue weighted by Crippen LogP contribution is -2.61. The number of alkyl carbamates (subject to hydrolysis) is 1. The van der Waals surface area contributed by atoms with Crippen LogP contribution in [0.1, 0.15) is 32.8 Å². The number of rotatable bonds is 11. The zero-order valence-electron chi connectivity index (χ0n) is 19.8. The molecule has 0 spiro atoms. The fourth-order valence-corrected chi connectivity index (χ4v) is 3.25. The van der Waals surface area contributed by atoms with Crippen LogP contribution in [0, 0.1) is 0 Å². The molecule has 1 aromatic rings. The van der Waals surface area contributed by atoms with Crippen LogP contribution >= 0.6 is 0 Å². The van der Waals surface area contributed by atoms with Gasteiger partial charge < -0.3 is 38.8 Å². The summed E-state index contributed by atoms with van der Waals surface area (Å²) in [7, 11) is 0. The maximum atomic E-state index is 11.8. The standard InChI is InChI=1S/C23H31NO11/c1-14(25)31-13-18-20(33-15(2)26)19(28)21(34-16(3)27)22(35-18)30-11-7-10-24-23(29)32-12-17-8-5-4-6-9-17/h4-6,8-9,18-22,28H,7,10-13H2,1-3H3,(H,24,29)/t18-,19+,20-,21+,22+/m1/s1. The summed E-state index contributed by atoms with van der Waals surface area (Å²) >= 11 is 0. The second kappa shape index (κ2) is 14.2. The quantitative estimate of drug-likeness (QED) is 0.254. The van der Waals surface area contributed by atoms with Crippen molar-refractivity contribution < 1.29 is 52.7 Å². The second-order valence-electron chi connectivity index (χ2n) is 7.70. The first-order valence-corrected chi connectivity index (χ1v) is 11.0. The molecule has 5 atom stereocenters. The Morgan fingerprint density at radius 2 is 1.60 bits per heavy atom. The third kappa shape index (κ3) is 9.89. The van der Waals surface area contributed by atoms with Crippen molar-refractivity contribution >= 4 is 24.0 Å². The number of esters is 3. The number of hydrogen-bond donors (Lipinski definition) is 2. The number of aliphatic hydroxyl groups is 1. The van der Waals surface area contributed by atoms with E-state index in [1.54, 1.807) is 0 Å². The van der Waals surface area contributed by atoms with Gasteiger partial charge in [-0.3, -0.25) is 14.4 Å². The zero-order valence-corrected chi connectivity index (χ0v) is 19.8. The minimum absolute atomic E-state index is 0.0482. The average molecular weight is 497 g/mol. The van der Waals surface area contributed by atoms with Gasteiger partial charge in [-0.2, -0.15) is 0 Å². The number of carbonyl (C=O) groups excluding carboxylic acids is 4. The highest BCUT2D eigenvalue weighted by atomic mass is 16.7. The van der Waals surface area contributed by atoms with Gasteiger partial charge in [0.25, 0.3) is 0 Å². The maximum absolute atomic E-state index is 11.8. The summed E-state index contributed by atoms with van der Waals surface area (Å²) in [4.78, 5) is 46.1. The number of carbonyl (C=O) groups is 4. The minimum atomic E-state index is -1.51. The molecule has 1 fully saturated rings. The van der Waals surface area contributed by atoms with Crippen molar-refractivity contribution in [2.45, 2.75) is 64.5 Å². The van der Waals surface area contributed by atoms with Gasteiger partial charge in [0.2, 0.25) is 0 Å². The predicted molar refractivity (Wildman–Crippen MR) is 118 cm³/mol. The van der Waals surface area contributed by atoms with Crippen LogP contribution in [0.3, 0.4) is 0 Å². The van der Waals surface area contributed by atoms with Crippen LogP contribution in [0.5, 0.6) is 0 Å². The highest BCUT2D eigenvalue weighted by Crippen LogP contribution is 2.27. The van der Waals surface area contributed by atoms with E-state index in [0.29, 0.717) is 6.42 Å². The van der Waals surface area contributed by atoms with E-state index in [0.717, 1.165) is 19.4 Å². The first-order chi connectivity index (χ1) is 16.7. The predicted octanol–water partition coefficient (Wildman–Crippen LogP) is 0.832. The molecule has 0 aliphatic carbocycles. The summed E-state index contributed by atoms with van der Waals surface area (Å²) in [6.07, 6.45) is -6.65. The molecule has 0 bridgehead atoms. The van der Waals surface area contributed by atoms with E-state index < -0.39 is 54.7 Å². The Bertz CT molecular complexity index is 845. The Morgan fingerprint density at radius 3 is 2.23 bits per heavy atom. The van der Waals surface area contributed by atoms with Crippen LogP contribution in [-0.2, 0) is 49.4 Å². The maximum Gasteiger partial charge on any atom is 0.407 e. The third-order valence-corrected chi connectivity index (χ3v) is 4.76. The molecule has 0 radical (unpaired) electrons. The number of benzene rings is 1. The van der Waals surface area contributed by atoms with Gasteiger partial charge in [-0.15, -0.1) is 0 Å². The fourth-order valence-electron chi connectivity index (χ4n) is 3.25. The van der Waals surface area contributed by atoms with Crippen LogP contribution in [-0.4, -0.2) is 79.6 Å². The van der Waals surface area contributed by atoms with Gasteiger partial charge >= 0.3 is 24.0 Å². The number of nitrogens with one attached hydrogen (secondary N) is 1. The smallest absolute Gasteiger partial charge is 0.407 e. The lowest BCUT2D eigenvalue weighted by molar-refractivity contribution is -0.306. The molecule has 35 heavy (non-hydrogen) atoms. The van der Waals surface area contributed by atoms with Crippen molar-refractivity contribution in [2.24, 2.45) is 0 Å². The van der Waals surface area contributed by atoms with E-state index in [2.05, 4.69) is 5.32 Å². The van der Waals surface area contributed by atoms with Gasteiger partial charge in [-0.05, 0) is 12.0 Å². The first-order valence-electron chi connectivity index (χ1n) is 11.0. The Balaban J connectivity index is 1.88. The summed E-state index contributed by atoms with van der Waals surface area (Å²) in [5.74, 6) is -2.03. The average Bonchev–Trinajstić information content (AvgIpc) is 2.80. The molecule has 1 aromatic carbocycles. The van der Waals surface area contributed by atoms with Crippen LogP contribution in [0.15, 0.2) is 30.3 Å². The van der Waals surface area contributed by atoms with Crippen molar-refractivity contribution in [2.75, 3.05) is 19.8 Å². The third-order valence-electron chi connectivity index (χ3n) is 4.76. The molecule has 12 heteroatoms. The summed E-state index contributed by atoms with van der Waals surface area (Å²) in [5.41, 5.74) is 0.853. The van der Waals surface area contributed by atoms with Crippen molar-refractivity contribution in [1.82, 2.24) is 5.32 Å². The van der Waals surface area contributed by atoms with E-state index in [1.165, 1.54) is 6.92 Å². The Morgan fingerprint density at radius 1 is 0.943 bits per heavy atom. The molecule has 1 amide bonds. The minimum Gasteiger partial charge on any atom is -0.463 e. The molecule has 0 aromatic heterocycles. The van der Waals surface area contributed by atoms with Crippen molar-refractivity contribution in [3.63, 3.8) is 0 Å². The Labute approximate surface area is 202 Å². The molecule has 1 saturated heterocycles. The number of aliphatic hydroxyl groups excluding tert-OH is 1. The fraction of sp³-hybridized carbons (Fsp3) is 0.565. The van der Waals surface area contributed by atoms with Crippen LogP contribution < -0.4 is 5.32 Å². The SMILES string of the molecule is CC(=O)OC[C@H]1O[C@H](OCCCNC(=O)OCc2ccccc2)[C@@H](OC(C)=O)[C@@H](O)[C@@H]1OC(C)=O. The second-order valence-corrected chi connectivity index (χ2v) is 7.70. The largest absolute Gasteiger partial charge is 0.463 e. The van der Waals surface area contributed by atoms with E-state index in [9.17, 15) is 24.3 Å². The van der Waals surface area contributed by atoms with Crippen molar-refractivity contribution in [3.8, 4) is 0 Å². The van der Waals surface area contributed by atoms with Gasteiger partial charge in [0.05, 0.1) is 6.61 Å². The monoisotopic (exact) mass is 497 g/mol. The Hall–Kier alpha value is -3.22. The number of amides is 1. The molecular weight excluding hydrogens is 466 g/mol.